The van der Waals surface area contributed by atoms with Gasteiger partial charge in [-0.25, -0.2) is 9.78 Å². The number of hydrogen-bond acceptors (Lipinski definition) is 15. The van der Waals surface area contributed by atoms with Gasteiger partial charge in [0, 0.05) is 82.5 Å². The molecule has 2 aromatic heterocycles. The summed E-state index contributed by atoms with van der Waals surface area (Å²) in [6.45, 7) is 0.983. The number of aromatic amines is 1. The minimum atomic E-state index is -1.38. The first-order valence-corrected chi connectivity index (χ1v) is 19.0. The first kappa shape index (κ1) is 46.0. The van der Waals surface area contributed by atoms with Crippen LogP contribution in [0.3, 0.4) is 0 Å². The van der Waals surface area contributed by atoms with Crippen molar-refractivity contribution in [2.45, 2.75) is 44.3 Å². The molecule has 23 heteroatoms. The van der Waals surface area contributed by atoms with Crippen molar-refractivity contribution in [3.05, 3.63) is 58.1 Å². The number of anilines is 2. The van der Waals surface area contributed by atoms with E-state index in [1.54, 1.807) is 26.8 Å². The number of H-pyrrole nitrogens is 1. The lowest BCUT2D eigenvalue weighted by atomic mass is 10.1. The summed E-state index contributed by atoms with van der Waals surface area (Å²) in [6.07, 6.45) is 0.745. The van der Waals surface area contributed by atoms with E-state index in [2.05, 4.69) is 36.2 Å². The third-order valence-corrected chi connectivity index (χ3v) is 9.50. The lowest BCUT2D eigenvalue weighted by Gasteiger charge is -2.30. The van der Waals surface area contributed by atoms with Crippen LogP contribution in [0.4, 0.5) is 11.5 Å². The van der Waals surface area contributed by atoms with Crippen molar-refractivity contribution in [2.24, 2.45) is 0 Å². The van der Waals surface area contributed by atoms with Crippen LogP contribution in [0.1, 0.15) is 41.7 Å². The van der Waals surface area contributed by atoms with E-state index in [0.29, 0.717) is 16.9 Å². The quantitative estimate of drug-likeness (QED) is 0.0520. The molecule has 3 amide bonds. The van der Waals surface area contributed by atoms with E-state index in [4.69, 9.17) is 5.73 Å². The SMILES string of the molecule is Nc1cc2ncc(CNc3ccc(C(=O)N[C@@H](CCC(=O)NCCNC(=O)CCC(C(=O)O)N4CCN(CC(=O)O)CCN(CC(=O)O)CC4)C(=O)O)cc3)nc2c(=O)[nH]1. The molecule has 3 aromatic rings. The van der Waals surface area contributed by atoms with E-state index < -0.39 is 59.2 Å². The normalized spacial score (nSPS) is 15.1. The molecule has 1 aliphatic heterocycles. The number of nitrogens with one attached hydrogen (secondary N) is 5. The Balaban J connectivity index is 1.17. The molecule has 324 valence electrons. The Morgan fingerprint density at radius 1 is 0.783 bits per heavy atom. The number of nitrogens with zero attached hydrogens (tertiary/aromatic N) is 5. The molecule has 1 unspecified atom stereocenters. The number of aromatic nitrogens is 3. The van der Waals surface area contributed by atoms with Crippen LogP contribution >= 0.6 is 0 Å². The number of carboxylic acid groups (broad SMARTS) is 4. The van der Waals surface area contributed by atoms with Crippen molar-refractivity contribution in [2.75, 3.05) is 76.5 Å². The second-order valence-corrected chi connectivity index (χ2v) is 14.0. The van der Waals surface area contributed by atoms with Gasteiger partial charge in [0.05, 0.1) is 37.0 Å². The summed E-state index contributed by atoms with van der Waals surface area (Å²) in [5, 5.41) is 48.8. The highest BCUT2D eigenvalue weighted by Gasteiger charge is 2.29. The number of aliphatic carboxylic acids is 4. The molecular weight excluding hydrogens is 790 g/mol. The Labute approximate surface area is 342 Å². The summed E-state index contributed by atoms with van der Waals surface area (Å²) in [5.41, 5.74) is 6.89. The van der Waals surface area contributed by atoms with Crippen LogP contribution in [-0.2, 0) is 35.3 Å². The Hall–Kier alpha value is -6.72. The van der Waals surface area contributed by atoms with E-state index in [1.165, 1.54) is 24.4 Å². The smallest absolute Gasteiger partial charge is 0.326 e. The van der Waals surface area contributed by atoms with Crippen LogP contribution in [-0.4, -0.2) is 169 Å². The largest absolute Gasteiger partial charge is 0.480 e. The Bertz CT molecular complexity index is 2050. The molecule has 0 aliphatic carbocycles. The molecular formula is C37H49N11O12. The zero-order chi connectivity index (χ0) is 43.8. The first-order chi connectivity index (χ1) is 28.6. The number of benzene rings is 1. The number of carbonyl (C=O) groups is 7. The highest BCUT2D eigenvalue weighted by molar-refractivity contribution is 5.97. The monoisotopic (exact) mass is 839 g/mol. The molecule has 0 radical (unpaired) electrons. The van der Waals surface area contributed by atoms with Gasteiger partial charge in [-0.1, -0.05) is 0 Å². The van der Waals surface area contributed by atoms with E-state index in [0.717, 1.165) is 0 Å². The first-order valence-electron chi connectivity index (χ1n) is 19.0. The Morgan fingerprint density at radius 3 is 1.90 bits per heavy atom. The maximum atomic E-state index is 12.8. The molecule has 0 saturated carbocycles. The van der Waals surface area contributed by atoms with Crippen LogP contribution in [0.2, 0.25) is 0 Å². The zero-order valence-corrected chi connectivity index (χ0v) is 32.6. The van der Waals surface area contributed by atoms with Crippen LogP contribution < -0.4 is 32.6 Å². The fraction of sp³-hybridized carbons (Fsp3) is 0.459. The average molecular weight is 840 g/mol. The Morgan fingerprint density at radius 2 is 1.35 bits per heavy atom. The predicted molar refractivity (Wildman–Crippen MR) is 213 cm³/mol. The minimum Gasteiger partial charge on any atom is -0.480 e. The van der Waals surface area contributed by atoms with Gasteiger partial charge in [0.2, 0.25) is 11.8 Å². The second kappa shape index (κ2) is 22.4. The van der Waals surface area contributed by atoms with Gasteiger partial charge in [0.25, 0.3) is 11.5 Å². The van der Waals surface area contributed by atoms with Gasteiger partial charge in [-0.05, 0) is 37.1 Å². The summed E-state index contributed by atoms with van der Waals surface area (Å²) >= 11 is 0. The van der Waals surface area contributed by atoms with Gasteiger partial charge in [-0.15, -0.1) is 0 Å². The summed E-state index contributed by atoms with van der Waals surface area (Å²) in [7, 11) is 0. The van der Waals surface area contributed by atoms with Gasteiger partial charge in [-0.3, -0.25) is 53.2 Å². The van der Waals surface area contributed by atoms with Gasteiger partial charge in [0.1, 0.15) is 17.9 Å². The molecule has 2 atom stereocenters. The summed E-state index contributed by atoms with van der Waals surface area (Å²) in [4.78, 5) is 113. The maximum absolute atomic E-state index is 12.8. The highest BCUT2D eigenvalue weighted by Crippen LogP contribution is 2.14. The summed E-state index contributed by atoms with van der Waals surface area (Å²) in [5.74, 6) is -6.21. The summed E-state index contributed by atoms with van der Waals surface area (Å²) in [6, 6.07) is 5.15. The average Bonchev–Trinajstić information content (AvgIpc) is 3.27. The van der Waals surface area contributed by atoms with Gasteiger partial charge in [-0.2, -0.15) is 0 Å². The van der Waals surface area contributed by atoms with E-state index in [9.17, 15) is 58.8 Å². The topological polar surface area (TPSA) is 343 Å². The van der Waals surface area contributed by atoms with Crippen molar-refractivity contribution < 1.29 is 54.0 Å². The molecule has 1 saturated heterocycles. The standard InChI is InChI=1S/C37H49N11O12/c38-28-17-26-33(35(56)45-28)43-24(19-42-26)18-41-23-3-1-22(2-4-23)34(55)44-25(36(57)58)5-7-29(49)39-9-10-40-30(50)8-6-27(37(59)60)48-15-13-46(20-31(51)52)11-12-47(14-16-48)21-32(53)54/h1-4,17,19,25,27,41H,5-16,18,20-21H2,(H,39,49)(H,40,50)(H,44,55)(H,51,52)(H,53,54)(H,57,58)(H,59,60)(H3,38,45,56)/t25-,27?/m0/s1. The van der Waals surface area contributed by atoms with E-state index in [-0.39, 0.29) is 115 Å². The zero-order valence-electron chi connectivity index (χ0n) is 32.6. The number of fused-ring (bicyclic) bond motifs is 1. The van der Waals surface area contributed by atoms with Crippen molar-refractivity contribution >= 4 is 64.1 Å². The van der Waals surface area contributed by atoms with Crippen LogP contribution in [0.25, 0.3) is 11.0 Å². The van der Waals surface area contributed by atoms with Gasteiger partial charge < -0.3 is 52.4 Å². The minimum absolute atomic E-state index is 0.00467. The number of carbonyl (C=O) groups excluding carboxylic acids is 3. The molecule has 11 N–H and O–H groups in total. The maximum Gasteiger partial charge on any atom is 0.326 e. The number of hydrogen-bond donors (Lipinski definition) is 10. The number of amides is 3. The van der Waals surface area contributed by atoms with E-state index >= 15 is 0 Å². The molecule has 3 heterocycles. The molecule has 1 aliphatic rings. The van der Waals surface area contributed by atoms with Crippen molar-refractivity contribution in [1.29, 1.82) is 0 Å². The number of pyridine rings is 1. The second-order valence-electron chi connectivity index (χ2n) is 14.0. The van der Waals surface area contributed by atoms with Gasteiger partial charge >= 0.3 is 23.9 Å². The molecule has 60 heavy (non-hydrogen) atoms. The third kappa shape index (κ3) is 14.9. The number of rotatable bonds is 21. The molecule has 1 fully saturated rings. The molecule has 4 rings (SSSR count). The molecule has 1 aromatic carbocycles. The van der Waals surface area contributed by atoms with Crippen LogP contribution in [0.5, 0.6) is 0 Å². The van der Waals surface area contributed by atoms with Crippen LogP contribution in [0, 0.1) is 0 Å². The van der Waals surface area contributed by atoms with Crippen molar-refractivity contribution in [3.63, 3.8) is 0 Å². The lowest BCUT2D eigenvalue weighted by Crippen LogP contribution is -2.47. The molecule has 23 nitrogen and oxygen atoms in total. The highest BCUT2D eigenvalue weighted by atomic mass is 16.4. The fourth-order valence-electron chi connectivity index (χ4n) is 6.35. The van der Waals surface area contributed by atoms with E-state index in [1.807, 2.05) is 0 Å². The number of carboxylic acids is 4. The number of nitrogen functional groups attached to an aromatic ring is 1. The fourth-order valence-corrected chi connectivity index (χ4v) is 6.35. The van der Waals surface area contributed by atoms with Crippen LogP contribution in [0.15, 0.2) is 41.3 Å². The molecule has 0 bridgehead atoms. The molecule has 0 spiro atoms. The summed E-state index contributed by atoms with van der Waals surface area (Å²) < 4.78 is 0. The Kier molecular flexibility index (Phi) is 17.2. The van der Waals surface area contributed by atoms with Crippen molar-refractivity contribution in [3.8, 4) is 0 Å². The predicted octanol–water partition coefficient (Wildman–Crippen LogP) is -1.97. The number of nitrogens with two attached hydrogens (primary N) is 1. The van der Waals surface area contributed by atoms with Gasteiger partial charge in [0.15, 0.2) is 5.52 Å². The third-order valence-electron chi connectivity index (χ3n) is 9.50. The lowest BCUT2D eigenvalue weighted by molar-refractivity contribution is -0.145. The van der Waals surface area contributed by atoms with Crippen molar-refractivity contribution in [1.82, 2.24) is 45.6 Å².